The molecule has 1 aromatic heterocycles. The van der Waals surface area contributed by atoms with Crippen LogP contribution >= 0.6 is 0 Å². The molecule has 0 saturated carbocycles. The van der Waals surface area contributed by atoms with E-state index in [9.17, 15) is 14.4 Å². The fourth-order valence-electron chi connectivity index (χ4n) is 4.65. The van der Waals surface area contributed by atoms with Crippen molar-refractivity contribution in [1.82, 2.24) is 9.88 Å². The number of hydrogen-bond acceptors (Lipinski definition) is 6. The lowest BCUT2D eigenvalue weighted by Gasteiger charge is -2.31. The fraction of sp³-hybridized carbons (Fsp3) is 0.188. The van der Waals surface area contributed by atoms with Crippen LogP contribution in [0.25, 0.3) is 22.2 Å². The molecule has 40 heavy (non-hydrogen) atoms. The molecular weight excluding hydrogens is 506 g/mol. The van der Waals surface area contributed by atoms with Gasteiger partial charge in [-0.05, 0) is 18.1 Å². The molecule has 3 aromatic carbocycles. The predicted octanol–water partition coefficient (Wildman–Crippen LogP) is 5.09. The average molecular weight is 538 g/mol. The first-order valence-corrected chi connectivity index (χ1v) is 13.0. The number of hydrogen-bond donors (Lipinski definition) is 1. The topological polar surface area (TPSA) is 112 Å². The second-order valence-corrected chi connectivity index (χ2v) is 8.98. The van der Waals surface area contributed by atoms with Crippen molar-refractivity contribution in [2.45, 2.75) is 19.4 Å². The molecular formula is C32H31N3O5. The minimum atomic E-state index is -0.643. The van der Waals surface area contributed by atoms with Gasteiger partial charge in [0.15, 0.2) is 5.75 Å². The van der Waals surface area contributed by atoms with Crippen molar-refractivity contribution < 1.29 is 23.9 Å². The Kier molecular flexibility index (Phi) is 9.25. The largest absolute Gasteiger partial charge is 0.489 e. The van der Waals surface area contributed by atoms with Crippen LogP contribution in [0.5, 0.6) is 5.75 Å². The van der Waals surface area contributed by atoms with E-state index in [0.717, 1.165) is 17.2 Å². The maximum Gasteiger partial charge on any atom is 0.330 e. The molecule has 204 valence electrons. The Bertz CT molecular complexity index is 1520. The predicted molar refractivity (Wildman–Crippen MR) is 154 cm³/mol. The maximum atomic E-state index is 13.3. The summed E-state index contributed by atoms with van der Waals surface area (Å²) in [5.74, 6) is -1.39. The van der Waals surface area contributed by atoms with E-state index in [0.29, 0.717) is 23.0 Å². The average Bonchev–Trinajstić information content (AvgIpc) is 2.99. The zero-order valence-corrected chi connectivity index (χ0v) is 22.4. The molecule has 0 fully saturated rings. The minimum absolute atomic E-state index is 0.0429. The second-order valence-electron chi connectivity index (χ2n) is 8.98. The van der Waals surface area contributed by atoms with Gasteiger partial charge in [0.25, 0.3) is 5.91 Å². The summed E-state index contributed by atoms with van der Waals surface area (Å²) < 4.78 is 10.9. The first-order chi connectivity index (χ1) is 19.4. The number of ether oxygens (including phenoxy) is 2. The van der Waals surface area contributed by atoms with Crippen molar-refractivity contribution in [1.29, 1.82) is 0 Å². The molecule has 0 spiro atoms. The second kappa shape index (κ2) is 13.2. The van der Waals surface area contributed by atoms with E-state index >= 15 is 0 Å². The number of nitrogens with two attached hydrogens (primary N) is 1. The lowest BCUT2D eigenvalue weighted by atomic mass is 10.0. The van der Waals surface area contributed by atoms with E-state index in [4.69, 9.17) is 15.5 Å². The number of primary amides is 1. The van der Waals surface area contributed by atoms with Crippen molar-refractivity contribution in [3.8, 4) is 17.0 Å². The Balaban J connectivity index is 1.72. The Labute approximate surface area is 233 Å². The van der Waals surface area contributed by atoms with Crippen molar-refractivity contribution in [2.24, 2.45) is 5.73 Å². The third-order valence-electron chi connectivity index (χ3n) is 6.51. The van der Waals surface area contributed by atoms with Gasteiger partial charge in [-0.3, -0.25) is 9.59 Å². The summed E-state index contributed by atoms with van der Waals surface area (Å²) >= 11 is 0. The number of amides is 2. The maximum absolute atomic E-state index is 13.3. The highest BCUT2D eigenvalue weighted by molar-refractivity contribution is 6.09. The van der Waals surface area contributed by atoms with E-state index < -0.39 is 11.9 Å². The van der Waals surface area contributed by atoms with Gasteiger partial charge in [-0.25, -0.2) is 9.78 Å². The quantitative estimate of drug-likeness (QED) is 0.211. The zero-order valence-electron chi connectivity index (χ0n) is 22.4. The number of para-hydroxylation sites is 1. The van der Waals surface area contributed by atoms with E-state index in [-0.39, 0.29) is 36.4 Å². The first-order valence-electron chi connectivity index (χ1n) is 13.0. The normalized spacial score (nSPS) is 11.8. The number of pyridine rings is 1. The molecule has 0 aliphatic rings. The van der Waals surface area contributed by atoms with Gasteiger partial charge in [-0.1, -0.05) is 85.8 Å². The van der Waals surface area contributed by atoms with Gasteiger partial charge in [0, 0.05) is 23.1 Å². The SMILES string of the molecule is CC[C@@H](c1ccccc1)N(CCOc1c(-c2ccccc2)nc2ccccc2c1C(N)=O)C(=O)/C=C\C(=O)OC. The number of esters is 1. The molecule has 0 bridgehead atoms. The molecule has 2 amide bonds. The van der Waals surface area contributed by atoms with Crippen LogP contribution in [0.1, 0.15) is 35.3 Å². The summed E-state index contributed by atoms with van der Waals surface area (Å²) in [5.41, 5.74) is 8.89. The van der Waals surface area contributed by atoms with Crippen LogP contribution in [-0.4, -0.2) is 47.9 Å². The van der Waals surface area contributed by atoms with Crippen molar-refractivity contribution in [2.75, 3.05) is 20.3 Å². The Morgan fingerprint density at radius 2 is 1.57 bits per heavy atom. The van der Waals surface area contributed by atoms with Gasteiger partial charge in [0.1, 0.15) is 12.3 Å². The Hall–Kier alpha value is -4.98. The standard InChI is InChI=1S/C32H31N3O5/c1-3-26(22-12-6-4-7-13-22)35(27(36)18-19-28(37)39-2)20-21-40-31-29(32(33)38)24-16-10-11-17-25(24)34-30(31)23-14-8-5-9-15-23/h4-19,26H,3,20-21H2,1-2H3,(H2,33,38)/b19-18-/t26-/m0/s1. The number of aromatic nitrogens is 1. The number of rotatable bonds is 11. The summed E-state index contributed by atoms with van der Waals surface area (Å²) in [6, 6.07) is 26.0. The summed E-state index contributed by atoms with van der Waals surface area (Å²) in [6.07, 6.45) is 2.92. The smallest absolute Gasteiger partial charge is 0.330 e. The molecule has 4 rings (SSSR count). The number of carbonyl (C=O) groups excluding carboxylic acids is 3. The van der Waals surface area contributed by atoms with Crippen molar-refractivity contribution >= 4 is 28.7 Å². The van der Waals surface area contributed by atoms with Crippen LogP contribution in [0.2, 0.25) is 0 Å². The van der Waals surface area contributed by atoms with E-state index in [1.807, 2.05) is 85.8 Å². The summed E-state index contributed by atoms with van der Waals surface area (Å²) in [7, 11) is 1.25. The third kappa shape index (κ3) is 6.35. The van der Waals surface area contributed by atoms with Gasteiger partial charge >= 0.3 is 5.97 Å². The highest BCUT2D eigenvalue weighted by Crippen LogP contribution is 2.36. The third-order valence-corrected chi connectivity index (χ3v) is 6.51. The van der Waals surface area contributed by atoms with Crippen LogP contribution in [0.15, 0.2) is 97.1 Å². The van der Waals surface area contributed by atoms with Crippen LogP contribution in [0.4, 0.5) is 0 Å². The van der Waals surface area contributed by atoms with E-state index in [1.165, 1.54) is 13.2 Å². The Morgan fingerprint density at radius 1 is 0.925 bits per heavy atom. The number of benzene rings is 3. The number of methoxy groups -OCH3 is 1. The van der Waals surface area contributed by atoms with Gasteiger partial charge in [0.2, 0.25) is 5.91 Å². The molecule has 1 heterocycles. The molecule has 1 atom stereocenters. The van der Waals surface area contributed by atoms with Crippen molar-refractivity contribution in [3.05, 3.63) is 108 Å². The number of fused-ring (bicyclic) bond motifs is 1. The van der Waals surface area contributed by atoms with E-state index in [2.05, 4.69) is 4.74 Å². The van der Waals surface area contributed by atoms with Crippen LogP contribution < -0.4 is 10.5 Å². The van der Waals surface area contributed by atoms with Gasteiger partial charge in [-0.2, -0.15) is 0 Å². The molecule has 0 radical (unpaired) electrons. The molecule has 8 heteroatoms. The lowest BCUT2D eigenvalue weighted by Crippen LogP contribution is -2.37. The minimum Gasteiger partial charge on any atom is -0.489 e. The molecule has 4 aromatic rings. The van der Waals surface area contributed by atoms with Crippen LogP contribution in [0, 0.1) is 0 Å². The van der Waals surface area contributed by atoms with Gasteiger partial charge < -0.3 is 20.1 Å². The summed E-state index contributed by atoms with van der Waals surface area (Å²) in [6.45, 7) is 2.19. The monoisotopic (exact) mass is 537 g/mol. The zero-order chi connectivity index (χ0) is 28.5. The summed E-state index contributed by atoms with van der Waals surface area (Å²) in [4.78, 5) is 44.2. The lowest BCUT2D eigenvalue weighted by molar-refractivity contribution is -0.135. The van der Waals surface area contributed by atoms with Crippen molar-refractivity contribution in [3.63, 3.8) is 0 Å². The molecule has 0 aliphatic carbocycles. The summed E-state index contributed by atoms with van der Waals surface area (Å²) in [5, 5.41) is 0.578. The number of carbonyl (C=O) groups is 3. The highest BCUT2D eigenvalue weighted by Gasteiger charge is 2.25. The van der Waals surface area contributed by atoms with E-state index in [1.54, 1.807) is 11.0 Å². The number of nitrogens with zero attached hydrogens (tertiary/aromatic N) is 2. The molecule has 2 N–H and O–H groups in total. The van der Waals surface area contributed by atoms with Gasteiger partial charge in [-0.15, -0.1) is 0 Å². The highest BCUT2D eigenvalue weighted by atomic mass is 16.5. The van der Waals surface area contributed by atoms with Crippen LogP contribution in [0.3, 0.4) is 0 Å². The first kappa shape index (κ1) is 28.0. The Morgan fingerprint density at radius 3 is 2.23 bits per heavy atom. The molecule has 8 nitrogen and oxygen atoms in total. The van der Waals surface area contributed by atoms with Gasteiger partial charge in [0.05, 0.1) is 30.8 Å². The van der Waals surface area contributed by atoms with Crippen LogP contribution in [-0.2, 0) is 14.3 Å². The molecule has 0 unspecified atom stereocenters. The molecule has 0 aliphatic heterocycles. The molecule has 0 saturated heterocycles. The fourth-order valence-corrected chi connectivity index (χ4v) is 4.65.